The summed E-state index contributed by atoms with van der Waals surface area (Å²) in [5.74, 6) is -1.98. The van der Waals surface area contributed by atoms with Crippen LogP contribution in [-0.4, -0.2) is 17.1 Å². The summed E-state index contributed by atoms with van der Waals surface area (Å²) in [6.45, 7) is 0. The molecule has 0 aliphatic rings. The zero-order valence-electron chi connectivity index (χ0n) is 7.10. The number of rotatable bonds is 2. The number of hydrogen-bond acceptors (Lipinski definition) is 3. The van der Waals surface area contributed by atoms with Crippen LogP contribution in [0.5, 0.6) is 0 Å². The average molecular weight is 284 g/mol. The molecule has 0 bridgehead atoms. The van der Waals surface area contributed by atoms with E-state index >= 15 is 0 Å². The number of nitrogens with zero attached hydrogens (tertiary/aromatic N) is 1. The highest BCUT2D eigenvalue weighted by Crippen LogP contribution is 2.15. The fraction of sp³-hybridized carbons (Fsp3) is 0.143. The van der Waals surface area contributed by atoms with Gasteiger partial charge < -0.3 is 0 Å². The molecular weight excluding hydrogens is 279 g/mol. The van der Waals surface area contributed by atoms with Crippen molar-refractivity contribution in [1.29, 1.82) is 0 Å². The first kappa shape index (κ1) is 11.8. The zero-order valence-corrected chi connectivity index (χ0v) is 8.69. The summed E-state index contributed by atoms with van der Waals surface area (Å²) in [6, 6.07) is 3.01. The van der Waals surface area contributed by atoms with Crippen molar-refractivity contribution >= 4 is 27.7 Å². The number of amides is 1. The number of carbonyl (C=O) groups excluding carboxylic acids is 1. The Morgan fingerprint density at radius 3 is 2.67 bits per heavy atom. The Labute approximate surface area is 91.0 Å². The molecule has 1 aromatic heterocycles. The number of hydrazine groups is 1. The minimum atomic E-state index is -4.92. The lowest BCUT2D eigenvalue weighted by atomic mass is 10.5. The molecule has 0 atom stereocenters. The molecule has 0 radical (unpaired) electrons. The van der Waals surface area contributed by atoms with Gasteiger partial charge in [0.15, 0.2) is 0 Å². The summed E-state index contributed by atoms with van der Waals surface area (Å²) < 4.78 is 35.9. The number of alkyl halides is 3. The number of halogens is 4. The number of hydrogen-bond donors (Lipinski definition) is 2. The van der Waals surface area contributed by atoms with Gasteiger partial charge >= 0.3 is 12.1 Å². The molecule has 0 saturated carbocycles. The summed E-state index contributed by atoms with van der Waals surface area (Å²) in [7, 11) is 0. The lowest BCUT2D eigenvalue weighted by molar-refractivity contribution is -0.173. The maximum atomic E-state index is 11.7. The van der Waals surface area contributed by atoms with Crippen LogP contribution in [0.1, 0.15) is 0 Å². The third kappa shape index (κ3) is 3.74. The predicted octanol–water partition coefficient (Wildman–Crippen LogP) is 1.85. The molecule has 4 nitrogen and oxygen atoms in total. The van der Waals surface area contributed by atoms with Gasteiger partial charge in [-0.2, -0.15) is 13.2 Å². The number of anilines is 1. The van der Waals surface area contributed by atoms with Crippen LogP contribution < -0.4 is 10.9 Å². The van der Waals surface area contributed by atoms with Gasteiger partial charge in [0, 0.05) is 10.7 Å². The van der Waals surface area contributed by atoms with Crippen LogP contribution >= 0.6 is 15.9 Å². The van der Waals surface area contributed by atoms with Crippen molar-refractivity contribution in [3.8, 4) is 0 Å². The van der Waals surface area contributed by atoms with Crippen LogP contribution in [0, 0.1) is 0 Å². The fourth-order valence-electron chi connectivity index (χ4n) is 0.665. The smallest absolute Gasteiger partial charge is 0.282 e. The van der Waals surface area contributed by atoms with Gasteiger partial charge in [0.2, 0.25) is 0 Å². The lowest BCUT2D eigenvalue weighted by Crippen LogP contribution is -2.40. The Morgan fingerprint density at radius 2 is 2.13 bits per heavy atom. The Balaban J connectivity index is 2.55. The van der Waals surface area contributed by atoms with E-state index in [0.29, 0.717) is 4.47 Å². The third-order valence-electron chi connectivity index (χ3n) is 1.28. The third-order valence-corrected chi connectivity index (χ3v) is 1.78. The van der Waals surface area contributed by atoms with Crippen LogP contribution in [0.3, 0.4) is 0 Å². The minimum absolute atomic E-state index is 0.0991. The maximum Gasteiger partial charge on any atom is 0.472 e. The SMILES string of the molecule is O=C(NNc1cc(Br)ccn1)C(F)(F)F. The number of nitrogens with one attached hydrogen (secondary N) is 2. The van der Waals surface area contributed by atoms with Crippen molar-refractivity contribution in [3.05, 3.63) is 22.8 Å². The van der Waals surface area contributed by atoms with Crippen molar-refractivity contribution in [2.24, 2.45) is 0 Å². The van der Waals surface area contributed by atoms with Gasteiger partial charge in [-0.1, -0.05) is 15.9 Å². The van der Waals surface area contributed by atoms with E-state index in [1.54, 1.807) is 6.07 Å². The first-order valence-electron chi connectivity index (χ1n) is 3.64. The van der Waals surface area contributed by atoms with E-state index in [-0.39, 0.29) is 5.82 Å². The van der Waals surface area contributed by atoms with E-state index in [2.05, 4.69) is 20.9 Å². The largest absolute Gasteiger partial charge is 0.472 e. The minimum Gasteiger partial charge on any atom is -0.282 e. The first-order valence-corrected chi connectivity index (χ1v) is 4.43. The summed E-state index contributed by atoms with van der Waals surface area (Å²) in [4.78, 5) is 14.1. The molecule has 1 aromatic rings. The Morgan fingerprint density at radius 1 is 1.47 bits per heavy atom. The van der Waals surface area contributed by atoms with E-state index in [1.807, 2.05) is 5.43 Å². The zero-order chi connectivity index (χ0) is 11.5. The summed E-state index contributed by atoms with van der Waals surface area (Å²) in [5, 5.41) is 0. The van der Waals surface area contributed by atoms with Crippen LogP contribution in [0.25, 0.3) is 0 Å². The molecule has 1 heterocycles. The van der Waals surface area contributed by atoms with Crippen molar-refractivity contribution in [1.82, 2.24) is 10.4 Å². The molecule has 1 rings (SSSR count). The Hall–Kier alpha value is -1.31. The molecule has 0 saturated heterocycles. The maximum absolute atomic E-state index is 11.7. The molecule has 0 spiro atoms. The van der Waals surface area contributed by atoms with Crippen LogP contribution in [0.4, 0.5) is 19.0 Å². The molecule has 8 heteroatoms. The van der Waals surface area contributed by atoms with Gasteiger partial charge in [-0.25, -0.2) is 4.98 Å². The highest BCUT2D eigenvalue weighted by molar-refractivity contribution is 9.10. The van der Waals surface area contributed by atoms with Gasteiger partial charge in [-0.05, 0) is 12.1 Å². The van der Waals surface area contributed by atoms with E-state index in [9.17, 15) is 18.0 Å². The number of carbonyl (C=O) groups is 1. The normalized spacial score (nSPS) is 10.9. The molecule has 0 aromatic carbocycles. The lowest BCUT2D eigenvalue weighted by Gasteiger charge is -2.09. The van der Waals surface area contributed by atoms with Gasteiger partial charge in [-0.3, -0.25) is 15.6 Å². The molecule has 0 unspecified atom stereocenters. The van der Waals surface area contributed by atoms with Crippen LogP contribution in [0.15, 0.2) is 22.8 Å². The molecule has 15 heavy (non-hydrogen) atoms. The van der Waals surface area contributed by atoms with Gasteiger partial charge in [0.05, 0.1) is 0 Å². The predicted molar refractivity (Wildman–Crippen MR) is 49.8 cm³/mol. The summed E-state index contributed by atoms with van der Waals surface area (Å²) >= 11 is 3.09. The fourth-order valence-corrected chi connectivity index (χ4v) is 1.000. The quantitative estimate of drug-likeness (QED) is 0.815. The van der Waals surface area contributed by atoms with Crippen molar-refractivity contribution in [2.75, 3.05) is 5.43 Å². The van der Waals surface area contributed by atoms with E-state index in [4.69, 9.17) is 0 Å². The van der Waals surface area contributed by atoms with E-state index in [0.717, 1.165) is 0 Å². The second-order valence-electron chi connectivity index (χ2n) is 2.44. The van der Waals surface area contributed by atoms with E-state index < -0.39 is 12.1 Å². The molecule has 82 valence electrons. The second-order valence-corrected chi connectivity index (χ2v) is 3.35. The van der Waals surface area contributed by atoms with E-state index in [1.165, 1.54) is 17.7 Å². The highest BCUT2D eigenvalue weighted by Gasteiger charge is 2.38. The van der Waals surface area contributed by atoms with Gasteiger partial charge in [0.1, 0.15) is 5.82 Å². The van der Waals surface area contributed by atoms with Crippen molar-refractivity contribution in [2.45, 2.75) is 6.18 Å². The molecular formula is C7H5BrF3N3O. The standard InChI is InChI=1S/C7H5BrF3N3O/c8-4-1-2-12-5(3-4)13-14-6(15)7(9,10)11/h1-3H,(H,12,13)(H,14,15). The number of aromatic nitrogens is 1. The first-order chi connectivity index (χ1) is 6.89. The van der Waals surface area contributed by atoms with Crippen molar-refractivity contribution < 1.29 is 18.0 Å². The Kier molecular flexibility index (Phi) is 3.51. The van der Waals surface area contributed by atoms with Crippen LogP contribution in [0.2, 0.25) is 0 Å². The second kappa shape index (κ2) is 4.47. The Bertz CT molecular complexity index is 369. The highest BCUT2D eigenvalue weighted by atomic mass is 79.9. The topological polar surface area (TPSA) is 54.0 Å². The molecule has 1 amide bonds. The van der Waals surface area contributed by atoms with Gasteiger partial charge in [-0.15, -0.1) is 0 Å². The summed E-state index contributed by atoms with van der Waals surface area (Å²) in [6.07, 6.45) is -3.55. The molecule has 0 aliphatic carbocycles. The van der Waals surface area contributed by atoms with Crippen molar-refractivity contribution in [3.63, 3.8) is 0 Å². The molecule has 0 aliphatic heterocycles. The molecule has 0 fully saturated rings. The average Bonchev–Trinajstić information content (AvgIpc) is 2.12. The monoisotopic (exact) mass is 283 g/mol. The summed E-state index contributed by atoms with van der Waals surface area (Å²) in [5.41, 5.74) is 3.50. The number of pyridine rings is 1. The van der Waals surface area contributed by atoms with Gasteiger partial charge in [0.25, 0.3) is 0 Å². The van der Waals surface area contributed by atoms with Crippen LogP contribution in [-0.2, 0) is 4.79 Å². The molecule has 2 N–H and O–H groups in total.